The molecule has 0 aliphatic rings. The first kappa shape index (κ1) is 15.3. The third-order valence-electron chi connectivity index (χ3n) is 3.08. The maximum Gasteiger partial charge on any atom is 0.259 e. The molecule has 0 spiro atoms. The predicted molar refractivity (Wildman–Crippen MR) is 84.2 cm³/mol. The molecule has 0 aromatic heterocycles. The van der Waals surface area contributed by atoms with Crippen molar-refractivity contribution >= 4 is 28.9 Å². The highest BCUT2D eigenvalue weighted by molar-refractivity contribution is 6.34. The van der Waals surface area contributed by atoms with Gasteiger partial charge in [-0.2, -0.15) is 0 Å². The fraction of sp³-hybridized carbons (Fsp3) is 0.188. The summed E-state index contributed by atoms with van der Waals surface area (Å²) in [5, 5.41) is 0.0932. The van der Waals surface area contributed by atoms with Gasteiger partial charge < -0.3 is 10.6 Å². The van der Waals surface area contributed by atoms with Crippen molar-refractivity contribution in [2.24, 2.45) is 0 Å². The molecule has 2 N–H and O–H groups in total. The van der Waals surface area contributed by atoms with Crippen LogP contribution >= 0.6 is 11.6 Å². The van der Waals surface area contributed by atoms with Gasteiger partial charge in [0.15, 0.2) is 0 Å². The Morgan fingerprint density at radius 2 is 2.00 bits per heavy atom. The quantitative estimate of drug-likeness (QED) is 0.864. The first-order chi connectivity index (χ1) is 10.0. The Bertz CT molecular complexity index is 660. The van der Waals surface area contributed by atoms with Crippen molar-refractivity contribution in [1.82, 2.24) is 0 Å². The Labute approximate surface area is 128 Å². The first-order valence-corrected chi connectivity index (χ1v) is 7.03. The molecule has 0 saturated heterocycles. The van der Waals surface area contributed by atoms with Crippen molar-refractivity contribution in [2.45, 2.75) is 13.3 Å². The van der Waals surface area contributed by atoms with Gasteiger partial charge in [0.1, 0.15) is 5.82 Å². The molecule has 110 valence electrons. The van der Waals surface area contributed by atoms with Gasteiger partial charge in [-0.3, -0.25) is 4.79 Å². The lowest BCUT2D eigenvalue weighted by molar-refractivity contribution is 0.0987. The lowest BCUT2D eigenvalue weighted by Crippen LogP contribution is -2.32. The molecular formula is C16H16ClFN2O. The van der Waals surface area contributed by atoms with Crippen LogP contribution in [0.15, 0.2) is 42.5 Å². The van der Waals surface area contributed by atoms with Crippen molar-refractivity contribution < 1.29 is 9.18 Å². The van der Waals surface area contributed by atoms with E-state index in [-0.39, 0.29) is 16.5 Å². The third kappa shape index (κ3) is 3.34. The van der Waals surface area contributed by atoms with E-state index in [4.69, 9.17) is 17.3 Å². The van der Waals surface area contributed by atoms with Gasteiger partial charge >= 0.3 is 0 Å². The van der Waals surface area contributed by atoms with Gasteiger partial charge in [-0.05, 0) is 36.8 Å². The summed E-state index contributed by atoms with van der Waals surface area (Å²) in [5.74, 6) is -0.766. The largest absolute Gasteiger partial charge is 0.397 e. The minimum Gasteiger partial charge on any atom is -0.397 e. The molecule has 0 aliphatic carbocycles. The molecule has 0 unspecified atom stereocenters. The topological polar surface area (TPSA) is 46.3 Å². The number of nitrogens with two attached hydrogens (primary N) is 1. The minimum atomic E-state index is -0.474. The zero-order valence-corrected chi connectivity index (χ0v) is 12.4. The predicted octanol–water partition coefficient (Wildman–Crippen LogP) is 4.12. The molecule has 5 heteroatoms. The van der Waals surface area contributed by atoms with E-state index in [9.17, 15) is 9.18 Å². The number of nitrogens with zero attached hydrogens (tertiary/aromatic N) is 1. The monoisotopic (exact) mass is 306 g/mol. The second-order valence-electron chi connectivity index (χ2n) is 4.64. The van der Waals surface area contributed by atoms with Crippen LogP contribution in [0.4, 0.5) is 15.8 Å². The Balaban J connectivity index is 2.43. The molecule has 0 atom stereocenters. The van der Waals surface area contributed by atoms with E-state index in [2.05, 4.69) is 0 Å². The zero-order valence-electron chi connectivity index (χ0n) is 11.6. The summed E-state index contributed by atoms with van der Waals surface area (Å²) in [5.41, 5.74) is 7.34. The summed E-state index contributed by atoms with van der Waals surface area (Å²) >= 11 is 5.98. The van der Waals surface area contributed by atoms with Crippen LogP contribution in [0, 0.1) is 5.82 Å². The van der Waals surface area contributed by atoms with Gasteiger partial charge in [-0.25, -0.2) is 4.39 Å². The zero-order chi connectivity index (χ0) is 15.4. The van der Waals surface area contributed by atoms with Gasteiger partial charge in [0.2, 0.25) is 0 Å². The SMILES string of the molecule is CCCN(C(=O)c1ccc(F)cc1Cl)c1ccccc1N. The first-order valence-electron chi connectivity index (χ1n) is 6.66. The standard InChI is InChI=1S/C16H16ClFN2O/c1-2-9-20(15-6-4-3-5-14(15)19)16(21)12-8-7-11(18)10-13(12)17/h3-8,10H,2,9,19H2,1H3. The third-order valence-corrected chi connectivity index (χ3v) is 3.39. The minimum absolute atomic E-state index is 0.0932. The molecule has 0 heterocycles. The van der Waals surface area contributed by atoms with Crippen LogP contribution < -0.4 is 10.6 Å². The highest BCUT2D eigenvalue weighted by Crippen LogP contribution is 2.27. The van der Waals surface area contributed by atoms with Crippen LogP contribution in [0.3, 0.4) is 0 Å². The molecule has 3 nitrogen and oxygen atoms in total. The number of rotatable bonds is 4. The summed E-state index contributed by atoms with van der Waals surface area (Å²) in [6, 6.07) is 10.9. The summed E-state index contributed by atoms with van der Waals surface area (Å²) in [6.07, 6.45) is 0.763. The maximum absolute atomic E-state index is 13.1. The molecule has 2 aromatic rings. The molecule has 0 aliphatic heterocycles. The number of amides is 1. The van der Waals surface area contributed by atoms with Gasteiger partial charge in [0.25, 0.3) is 5.91 Å². The molecule has 2 rings (SSSR count). The molecule has 0 fully saturated rings. The smallest absolute Gasteiger partial charge is 0.259 e. The normalized spacial score (nSPS) is 10.4. The Morgan fingerprint density at radius 3 is 2.62 bits per heavy atom. The van der Waals surface area contributed by atoms with Gasteiger partial charge in [0.05, 0.1) is 22.0 Å². The molecule has 0 saturated carbocycles. The maximum atomic E-state index is 13.1. The molecule has 21 heavy (non-hydrogen) atoms. The van der Waals surface area contributed by atoms with E-state index in [1.165, 1.54) is 12.1 Å². The summed E-state index contributed by atoms with van der Waals surface area (Å²) in [7, 11) is 0. The second-order valence-corrected chi connectivity index (χ2v) is 5.05. The van der Waals surface area contributed by atoms with Crippen molar-refractivity contribution in [3.05, 3.63) is 58.9 Å². The van der Waals surface area contributed by atoms with E-state index in [0.717, 1.165) is 12.5 Å². The van der Waals surface area contributed by atoms with E-state index in [1.807, 2.05) is 13.0 Å². The van der Waals surface area contributed by atoms with Crippen LogP contribution in [0.2, 0.25) is 5.02 Å². The molecule has 2 aromatic carbocycles. The van der Waals surface area contributed by atoms with E-state index in [1.54, 1.807) is 23.1 Å². The second kappa shape index (κ2) is 6.59. The molecular weight excluding hydrogens is 291 g/mol. The number of hydrogen-bond acceptors (Lipinski definition) is 2. The number of carbonyl (C=O) groups is 1. The number of para-hydroxylation sites is 2. The Morgan fingerprint density at radius 1 is 1.29 bits per heavy atom. The lowest BCUT2D eigenvalue weighted by atomic mass is 10.1. The van der Waals surface area contributed by atoms with Crippen molar-refractivity contribution in [3.63, 3.8) is 0 Å². The van der Waals surface area contributed by atoms with Gasteiger partial charge in [-0.1, -0.05) is 30.7 Å². The number of anilines is 2. The van der Waals surface area contributed by atoms with Crippen molar-refractivity contribution in [2.75, 3.05) is 17.2 Å². The fourth-order valence-corrected chi connectivity index (χ4v) is 2.34. The van der Waals surface area contributed by atoms with E-state index >= 15 is 0 Å². The molecule has 1 amide bonds. The number of benzene rings is 2. The van der Waals surface area contributed by atoms with Crippen molar-refractivity contribution in [3.8, 4) is 0 Å². The Kier molecular flexibility index (Phi) is 4.81. The van der Waals surface area contributed by atoms with Gasteiger partial charge in [0, 0.05) is 6.54 Å². The lowest BCUT2D eigenvalue weighted by Gasteiger charge is -2.24. The van der Waals surface area contributed by atoms with Crippen molar-refractivity contribution in [1.29, 1.82) is 0 Å². The Hall–Kier alpha value is -2.07. The van der Waals surface area contributed by atoms with Crippen LogP contribution in [0.1, 0.15) is 23.7 Å². The van der Waals surface area contributed by atoms with Gasteiger partial charge in [-0.15, -0.1) is 0 Å². The summed E-state index contributed by atoms with van der Waals surface area (Å²) in [6.45, 7) is 2.46. The van der Waals surface area contributed by atoms with E-state index < -0.39 is 5.82 Å². The van der Waals surface area contributed by atoms with Crippen LogP contribution in [0.5, 0.6) is 0 Å². The number of nitrogen functional groups attached to an aromatic ring is 1. The number of hydrogen-bond donors (Lipinski definition) is 1. The number of halogens is 2. The fourth-order valence-electron chi connectivity index (χ4n) is 2.10. The average Bonchev–Trinajstić information content (AvgIpc) is 2.45. The van der Waals surface area contributed by atoms with Crippen LogP contribution in [-0.2, 0) is 0 Å². The van der Waals surface area contributed by atoms with E-state index in [0.29, 0.717) is 17.9 Å². The summed E-state index contributed by atoms with van der Waals surface area (Å²) < 4.78 is 13.1. The molecule has 0 bridgehead atoms. The molecule has 0 radical (unpaired) electrons. The van der Waals surface area contributed by atoms with Crippen LogP contribution in [0.25, 0.3) is 0 Å². The number of carbonyl (C=O) groups excluding carboxylic acids is 1. The highest BCUT2D eigenvalue weighted by atomic mass is 35.5. The van der Waals surface area contributed by atoms with Crippen LogP contribution in [-0.4, -0.2) is 12.5 Å². The highest BCUT2D eigenvalue weighted by Gasteiger charge is 2.21. The summed E-state index contributed by atoms with van der Waals surface area (Å²) in [4.78, 5) is 14.2. The average molecular weight is 307 g/mol.